The summed E-state index contributed by atoms with van der Waals surface area (Å²) in [5.41, 5.74) is 1.50. The van der Waals surface area contributed by atoms with Crippen LogP contribution in [0.2, 0.25) is 0 Å². The maximum Gasteiger partial charge on any atom is 0.186 e. The maximum atomic E-state index is 11.5. The fourth-order valence-corrected chi connectivity index (χ4v) is 1.61. The minimum absolute atomic E-state index is 0.00685. The van der Waals surface area contributed by atoms with Crippen LogP contribution in [0, 0.1) is 0 Å². The quantitative estimate of drug-likeness (QED) is 0.581. The highest BCUT2D eigenvalue weighted by atomic mass is 16.6. The average molecular weight is 186 g/mol. The molecule has 0 radical (unpaired) electrons. The molecule has 0 amide bonds. The summed E-state index contributed by atoms with van der Waals surface area (Å²) in [7, 11) is 0. The van der Waals surface area contributed by atoms with E-state index in [0.717, 1.165) is 10.9 Å². The van der Waals surface area contributed by atoms with E-state index in [1.807, 2.05) is 6.07 Å². The lowest BCUT2D eigenvalue weighted by molar-refractivity contribution is 0.316. The van der Waals surface area contributed by atoms with Crippen LogP contribution in [-0.2, 0) is 0 Å². The molecule has 0 atom stereocenters. The van der Waals surface area contributed by atoms with Crippen LogP contribution in [0.3, 0.4) is 0 Å². The summed E-state index contributed by atoms with van der Waals surface area (Å²) in [6.45, 7) is 0. The fourth-order valence-electron chi connectivity index (χ4n) is 1.61. The first-order valence-corrected chi connectivity index (χ1v) is 4.22. The highest BCUT2D eigenvalue weighted by Crippen LogP contribution is 2.19. The third kappa shape index (κ3) is 0.821. The van der Waals surface area contributed by atoms with Gasteiger partial charge in [0.2, 0.25) is 0 Å². The van der Waals surface area contributed by atoms with Gasteiger partial charge in [0.1, 0.15) is 11.0 Å². The molecule has 14 heavy (non-hydrogen) atoms. The normalized spacial score (nSPS) is 11.1. The van der Waals surface area contributed by atoms with E-state index in [-0.39, 0.29) is 5.43 Å². The highest BCUT2D eigenvalue weighted by molar-refractivity contribution is 6.03. The number of hydrogen-bond acceptors (Lipinski definition) is 3. The van der Waals surface area contributed by atoms with E-state index >= 15 is 0 Å². The number of nitrogens with zero attached hydrogens (tertiary/aromatic N) is 1. The molecule has 1 aromatic heterocycles. The molecule has 0 saturated carbocycles. The van der Waals surface area contributed by atoms with Crippen molar-refractivity contribution in [2.45, 2.75) is 0 Å². The zero-order valence-electron chi connectivity index (χ0n) is 7.15. The lowest BCUT2D eigenvalue weighted by atomic mass is 10.1. The number of rotatable bonds is 0. The molecule has 3 rings (SSSR count). The van der Waals surface area contributed by atoms with Crippen LogP contribution in [0.15, 0.2) is 39.8 Å². The zero-order valence-corrected chi connectivity index (χ0v) is 7.15. The van der Waals surface area contributed by atoms with Crippen LogP contribution >= 0.6 is 0 Å². The monoisotopic (exact) mass is 186 g/mol. The molecule has 0 fully saturated rings. The van der Waals surface area contributed by atoms with Crippen molar-refractivity contribution in [1.82, 2.24) is 10.3 Å². The van der Waals surface area contributed by atoms with Crippen LogP contribution in [0.25, 0.3) is 21.8 Å². The Bertz CT molecular complexity index is 666. The molecule has 1 N–H and O–H groups in total. The van der Waals surface area contributed by atoms with Gasteiger partial charge in [-0.15, -0.1) is 0 Å². The summed E-state index contributed by atoms with van der Waals surface area (Å²) < 4.78 is 4.74. The van der Waals surface area contributed by atoms with Gasteiger partial charge in [-0.2, -0.15) is 5.16 Å². The average Bonchev–Trinajstić information content (AvgIpc) is 2.66. The first kappa shape index (κ1) is 7.32. The summed E-state index contributed by atoms with van der Waals surface area (Å²) in [6.07, 6.45) is 0. The molecular weight excluding hydrogens is 180 g/mol. The van der Waals surface area contributed by atoms with Gasteiger partial charge < -0.3 is 0 Å². The second kappa shape index (κ2) is 2.45. The Morgan fingerprint density at radius 2 is 2.07 bits per heavy atom. The van der Waals surface area contributed by atoms with Crippen molar-refractivity contribution in [1.29, 1.82) is 0 Å². The molecule has 4 nitrogen and oxygen atoms in total. The van der Waals surface area contributed by atoms with Crippen molar-refractivity contribution in [3.8, 4) is 0 Å². The lowest BCUT2D eigenvalue weighted by Gasteiger charge is -1.94. The second-order valence-corrected chi connectivity index (χ2v) is 3.10. The third-order valence-electron chi connectivity index (χ3n) is 2.29. The molecular formula is C10H6N2O2. The van der Waals surface area contributed by atoms with Gasteiger partial charge in [0, 0.05) is 10.8 Å². The molecule has 3 aromatic rings. The highest BCUT2D eigenvalue weighted by Gasteiger charge is 2.05. The van der Waals surface area contributed by atoms with Crippen molar-refractivity contribution in [3.63, 3.8) is 0 Å². The van der Waals surface area contributed by atoms with Gasteiger partial charge in [0.05, 0.1) is 0 Å². The number of nitrogens with one attached hydrogen (secondary N) is 1. The lowest BCUT2D eigenvalue weighted by Crippen LogP contribution is -1.97. The summed E-state index contributed by atoms with van der Waals surface area (Å²) in [5, 5.41) is 7.95. The molecule has 0 saturated heterocycles. The Kier molecular flexibility index (Phi) is 1.28. The molecule has 1 heterocycles. The van der Waals surface area contributed by atoms with Crippen molar-refractivity contribution < 1.29 is 4.63 Å². The van der Waals surface area contributed by atoms with Crippen molar-refractivity contribution in [2.24, 2.45) is 0 Å². The SMILES string of the molecule is O=c1cccc2c1ccc1[nH]onc12. The van der Waals surface area contributed by atoms with E-state index in [4.69, 9.17) is 4.63 Å². The van der Waals surface area contributed by atoms with Gasteiger partial charge in [-0.1, -0.05) is 17.3 Å². The molecule has 0 aliphatic rings. The van der Waals surface area contributed by atoms with E-state index in [9.17, 15) is 4.79 Å². The molecule has 2 aromatic carbocycles. The molecule has 4 heteroatoms. The number of hydrogen-bond donors (Lipinski definition) is 1. The van der Waals surface area contributed by atoms with Crippen molar-refractivity contribution >= 4 is 21.8 Å². The van der Waals surface area contributed by atoms with Crippen LogP contribution in [0.5, 0.6) is 0 Å². The van der Waals surface area contributed by atoms with Crippen LogP contribution in [-0.4, -0.2) is 10.3 Å². The number of fused-ring (bicyclic) bond motifs is 3. The Labute approximate surface area is 78.1 Å². The van der Waals surface area contributed by atoms with Gasteiger partial charge in [-0.05, 0) is 18.2 Å². The van der Waals surface area contributed by atoms with Crippen LogP contribution in [0.1, 0.15) is 0 Å². The fraction of sp³-hybridized carbons (Fsp3) is 0. The molecule has 68 valence electrons. The predicted octanol–water partition coefficient (Wildman–Crippen LogP) is 1.67. The molecule has 0 spiro atoms. The van der Waals surface area contributed by atoms with E-state index in [1.165, 1.54) is 6.07 Å². The van der Waals surface area contributed by atoms with E-state index in [0.29, 0.717) is 10.9 Å². The summed E-state index contributed by atoms with van der Waals surface area (Å²) in [6, 6.07) is 8.68. The minimum Gasteiger partial charge on any atom is -0.289 e. The molecule has 0 bridgehead atoms. The topological polar surface area (TPSA) is 58.9 Å². The second-order valence-electron chi connectivity index (χ2n) is 3.10. The molecule has 0 aliphatic heterocycles. The number of H-pyrrole nitrogens is 1. The van der Waals surface area contributed by atoms with E-state index in [2.05, 4.69) is 10.3 Å². The predicted molar refractivity (Wildman–Crippen MR) is 52.1 cm³/mol. The Balaban J connectivity index is 2.71. The van der Waals surface area contributed by atoms with E-state index in [1.54, 1.807) is 18.2 Å². The first-order valence-electron chi connectivity index (χ1n) is 4.22. The van der Waals surface area contributed by atoms with Gasteiger partial charge >= 0.3 is 0 Å². The van der Waals surface area contributed by atoms with Gasteiger partial charge in [-0.25, -0.2) is 0 Å². The van der Waals surface area contributed by atoms with Gasteiger partial charge in [0.25, 0.3) is 0 Å². The number of aromatic nitrogens is 2. The largest absolute Gasteiger partial charge is 0.289 e. The molecule has 0 aliphatic carbocycles. The Hall–Kier alpha value is -2.10. The summed E-state index contributed by atoms with van der Waals surface area (Å²) in [4.78, 5) is 11.5. The Morgan fingerprint density at radius 1 is 1.14 bits per heavy atom. The number of aromatic amines is 1. The van der Waals surface area contributed by atoms with Crippen LogP contribution < -0.4 is 5.43 Å². The number of benzene rings is 2. The van der Waals surface area contributed by atoms with Gasteiger partial charge in [-0.3, -0.25) is 9.42 Å². The molecule has 0 unspecified atom stereocenters. The summed E-state index contributed by atoms with van der Waals surface area (Å²) >= 11 is 0. The van der Waals surface area contributed by atoms with Gasteiger partial charge in [0.15, 0.2) is 5.43 Å². The minimum atomic E-state index is 0.00685. The first-order chi connectivity index (χ1) is 6.86. The Morgan fingerprint density at radius 3 is 3.00 bits per heavy atom. The van der Waals surface area contributed by atoms with Crippen LogP contribution in [0.4, 0.5) is 0 Å². The van der Waals surface area contributed by atoms with Crippen molar-refractivity contribution in [2.75, 3.05) is 0 Å². The van der Waals surface area contributed by atoms with E-state index < -0.39 is 0 Å². The zero-order chi connectivity index (χ0) is 9.54. The maximum absolute atomic E-state index is 11.5. The standard InChI is InChI=1S/C10H6N2O2/c13-9-3-1-2-7-6(9)4-5-8-10(7)12-14-11-8/h1-5,11H. The third-order valence-corrected chi connectivity index (χ3v) is 2.29. The smallest absolute Gasteiger partial charge is 0.186 e. The summed E-state index contributed by atoms with van der Waals surface area (Å²) in [5.74, 6) is 0. The van der Waals surface area contributed by atoms with Crippen molar-refractivity contribution in [3.05, 3.63) is 40.6 Å².